The van der Waals surface area contributed by atoms with Crippen LogP contribution in [0.25, 0.3) is 0 Å². The van der Waals surface area contributed by atoms with Crippen LogP contribution in [-0.4, -0.2) is 17.6 Å². The molecule has 1 heterocycles. The van der Waals surface area contributed by atoms with Gasteiger partial charge in [0.2, 0.25) is 5.01 Å². The Morgan fingerprint density at radius 1 is 1.77 bits per heavy atom. The molecule has 1 aromatic rings. The van der Waals surface area contributed by atoms with Gasteiger partial charge in [-0.05, 0) is 6.92 Å². The number of carbonyl (C=O) groups is 1. The Labute approximate surface area is 77.4 Å². The van der Waals surface area contributed by atoms with Gasteiger partial charge in [0.1, 0.15) is 5.69 Å². The quantitative estimate of drug-likeness (QED) is 0.713. The molecule has 0 N–H and O–H groups in total. The lowest BCUT2D eigenvalue weighted by Crippen LogP contribution is -2.04. The van der Waals surface area contributed by atoms with Crippen molar-refractivity contribution in [2.45, 2.75) is 13.3 Å². The summed E-state index contributed by atoms with van der Waals surface area (Å²) in [5, 5.41) is 1.12. The molecule has 72 valence electrons. The number of ether oxygens (including phenoxy) is 1. The lowest BCUT2D eigenvalue weighted by molar-refractivity contribution is 0.0525. The van der Waals surface area contributed by atoms with E-state index in [4.69, 9.17) is 0 Å². The molecule has 3 nitrogen and oxygen atoms in total. The Morgan fingerprint density at radius 3 is 2.92 bits per heavy atom. The fourth-order valence-corrected chi connectivity index (χ4v) is 1.37. The van der Waals surface area contributed by atoms with Crippen LogP contribution < -0.4 is 0 Å². The van der Waals surface area contributed by atoms with E-state index in [0.29, 0.717) is 0 Å². The molecule has 0 saturated heterocycles. The van der Waals surface area contributed by atoms with Gasteiger partial charge in [0.05, 0.1) is 6.61 Å². The third kappa shape index (κ3) is 2.45. The first kappa shape index (κ1) is 10.0. The number of nitrogens with zero attached hydrogens (tertiary/aromatic N) is 1. The van der Waals surface area contributed by atoms with E-state index in [1.54, 1.807) is 6.92 Å². The molecule has 0 radical (unpaired) electrons. The Bertz CT molecular complexity index is 300. The molecule has 0 amide bonds. The van der Waals surface area contributed by atoms with Gasteiger partial charge in [-0.3, -0.25) is 0 Å². The SMILES string of the molecule is CCOC(=O)c1nc(C(F)F)cs1. The first-order valence-electron chi connectivity index (χ1n) is 3.55. The molecule has 0 aliphatic heterocycles. The van der Waals surface area contributed by atoms with Crippen LogP contribution in [0.3, 0.4) is 0 Å². The van der Waals surface area contributed by atoms with Crippen molar-refractivity contribution in [3.63, 3.8) is 0 Å². The van der Waals surface area contributed by atoms with Crippen LogP contribution in [0.1, 0.15) is 28.8 Å². The van der Waals surface area contributed by atoms with Crippen LogP contribution >= 0.6 is 11.3 Å². The van der Waals surface area contributed by atoms with Crippen molar-refractivity contribution in [3.05, 3.63) is 16.1 Å². The highest BCUT2D eigenvalue weighted by molar-refractivity contribution is 7.11. The molecule has 0 saturated carbocycles. The Hall–Kier alpha value is -1.04. The first-order valence-corrected chi connectivity index (χ1v) is 4.43. The monoisotopic (exact) mass is 207 g/mol. The van der Waals surface area contributed by atoms with Gasteiger partial charge in [0.15, 0.2) is 0 Å². The number of halogens is 2. The lowest BCUT2D eigenvalue weighted by Gasteiger charge is -1.95. The van der Waals surface area contributed by atoms with E-state index in [1.807, 2.05) is 0 Å². The Morgan fingerprint density at radius 2 is 2.46 bits per heavy atom. The van der Waals surface area contributed by atoms with Crippen LogP contribution in [0.4, 0.5) is 8.78 Å². The van der Waals surface area contributed by atoms with Crippen molar-refractivity contribution >= 4 is 17.3 Å². The van der Waals surface area contributed by atoms with Crippen LogP contribution in [0.15, 0.2) is 5.38 Å². The fourth-order valence-electron chi connectivity index (χ4n) is 0.673. The van der Waals surface area contributed by atoms with E-state index in [2.05, 4.69) is 9.72 Å². The van der Waals surface area contributed by atoms with Crippen molar-refractivity contribution in [3.8, 4) is 0 Å². The summed E-state index contributed by atoms with van der Waals surface area (Å²) in [6, 6.07) is 0. The number of rotatable bonds is 3. The van der Waals surface area contributed by atoms with Crippen molar-refractivity contribution in [2.24, 2.45) is 0 Å². The topological polar surface area (TPSA) is 39.2 Å². The summed E-state index contributed by atoms with van der Waals surface area (Å²) in [7, 11) is 0. The number of carbonyl (C=O) groups excluding carboxylic acids is 1. The minimum Gasteiger partial charge on any atom is -0.461 e. The smallest absolute Gasteiger partial charge is 0.367 e. The van der Waals surface area contributed by atoms with Gasteiger partial charge in [-0.25, -0.2) is 18.6 Å². The zero-order valence-corrected chi connectivity index (χ0v) is 7.61. The van der Waals surface area contributed by atoms with Gasteiger partial charge in [-0.1, -0.05) is 0 Å². The van der Waals surface area contributed by atoms with Crippen LogP contribution in [0.2, 0.25) is 0 Å². The molecule has 0 fully saturated rings. The number of alkyl halides is 2. The predicted molar refractivity (Wildman–Crippen MR) is 43.0 cm³/mol. The fraction of sp³-hybridized carbons (Fsp3) is 0.429. The van der Waals surface area contributed by atoms with Crippen molar-refractivity contribution in [2.75, 3.05) is 6.61 Å². The summed E-state index contributed by atoms with van der Waals surface area (Å²) in [6.07, 6.45) is -2.64. The molecule has 0 aromatic carbocycles. The van der Waals surface area contributed by atoms with E-state index in [0.717, 1.165) is 16.7 Å². The van der Waals surface area contributed by atoms with Gasteiger partial charge in [0.25, 0.3) is 6.43 Å². The highest BCUT2D eigenvalue weighted by atomic mass is 32.1. The second-order valence-electron chi connectivity index (χ2n) is 2.10. The van der Waals surface area contributed by atoms with E-state index in [9.17, 15) is 13.6 Å². The minimum atomic E-state index is -2.64. The number of hydrogen-bond acceptors (Lipinski definition) is 4. The van der Waals surface area contributed by atoms with E-state index < -0.39 is 12.4 Å². The number of thiazole rings is 1. The van der Waals surface area contributed by atoms with Gasteiger partial charge in [0, 0.05) is 5.38 Å². The third-order valence-electron chi connectivity index (χ3n) is 1.20. The predicted octanol–water partition coefficient (Wildman–Crippen LogP) is 2.26. The summed E-state index contributed by atoms with van der Waals surface area (Å²) >= 11 is 0.860. The molecular weight excluding hydrogens is 200 g/mol. The molecular formula is C7H7F2NO2S. The van der Waals surface area contributed by atoms with Gasteiger partial charge >= 0.3 is 5.97 Å². The summed E-state index contributed by atoms with van der Waals surface area (Å²) in [6.45, 7) is 1.85. The van der Waals surface area contributed by atoms with Crippen molar-refractivity contribution in [1.29, 1.82) is 0 Å². The second-order valence-corrected chi connectivity index (χ2v) is 2.96. The normalized spacial score (nSPS) is 10.5. The van der Waals surface area contributed by atoms with E-state index >= 15 is 0 Å². The van der Waals surface area contributed by atoms with E-state index in [-0.39, 0.29) is 17.3 Å². The lowest BCUT2D eigenvalue weighted by atomic mass is 10.5. The highest BCUT2D eigenvalue weighted by Gasteiger charge is 2.16. The van der Waals surface area contributed by atoms with Crippen molar-refractivity contribution in [1.82, 2.24) is 4.98 Å². The number of hydrogen-bond donors (Lipinski definition) is 0. The number of esters is 1. The number of aromatic nitrogens is 1. The largest absolute Gasteiger partial charge is 0.461 e. The maximum absolute atomic E-state index is 12.0. The molecule has 0 atom stereocenters. The standard InChI is InChI=1S/C7H7F2NO2S/c1-2-12-7(11)6-10-4(3-13-6)5(8)9/h3,5H,2H2,1H3. The van der Waals surface area contributed by atoms with Crippen LogP contribution in [0.5, 0.6) is 0 Å². The third-order valence-corrected chi connectivity index (χ3v) is 2.04. The van der Waals surface area contributed by atoms with Crippen molar-refractivity contribution < 1.29 is 18.3 Å². The molecule has 0 spiro atoms. The molecule has 13 heavy (non-hydrogen) atoms. The first-order chi connectivity index (χ1) is 6.15. The molecule has 0 aliphatic carbocycles. The summed E-state index contributed by atoms with van der Waals surface area (Å²) in [4.78, 5) is 14.4. The second kappa shape index (κ2) is 4.27. The van der Waals surface area contributed by atoms with Gasteiger partial charge < -0.3 is 4.74 Å². The van der Waals surface area contributed by atoms with Gasteiger partial charge in [-0.2, -0.15) is 0 Å². The molecule has 6 heteroatoms. The molecule has 0 aliphatic rings. The summed E-state index contributed by atoms with van der Waals surface area (Å²) in [5.41, 5.74) is -0.381. The Kier molecular flexibility index (Phi) is 3.30. The summed E-state index contributed by atoms with van der Waals surface area (Å²) < 4.78 is 28.6. The maximum atomic E-state index is 12.0. The average molecular weight is 207 g/mol. The molecule has 1 aromatic heterocycles. The van der Waals surface area contributed by atoms with Gasteiger partial charge in [-0.15, -0.1) is 11.3 Å². The zero-order chi connectivity index (χ0) is 9.84. The molecule has 0 unspecified atom stereocenters. The average Bonchev–Trinajstić information content (AvgIpc) is 2.52. The maximum Gasteiger partial charge on any atom is 0.367 e. The van der Waals surface area contributed by atoms with Crippen LogP contribution in [-0.2, 0) is 4.74 Å². The highest BCUT2D eigenvalue weighted by Crippen LogP contribution is 2.21. The van der Waals surface area contributed by atoms with Crippen LogP contribution in [0, 0.1) is 0 Å². The van der Waals surface area contributed by atoms with E-state index in [1.165, 1.54) is 0 Å². The Balaban J connectivity index is 2.73. The summed E-state index contributed by atoms with van der Waals surface area (Å²) in [5.74, 6) is -0.653. The zero-order valence-electron chi connectivity index (χ0n) is 6.79. The minimum absolute atomic E-state index is 0.0304. The molecule has 1 rings (SSSR count). The molecule has 0 bridgehead atoms.